The van der Waals surface area contributed by atoms with Gasteiger partial charge in [-0.15, -0.1) is 23.2 Å². The molecule has 2 aliphatic carbocycles. The van der Waals surface area contributed by atoms with Crippen molar-refractivity contribution in [3.63, 3.8) is 0 Å². The minimum Gasteiger partial charge on any atom is -0.336 e. The molecule has 0 radical (unpaired) electrons. The smallest absolute Gasteiger partial charge is 0.232 e. The Balaban J connectivity index is 2.15. The highest BCUT2D eigenvalue weighted by Gasteiger charge is 2.69. The van der Waals surface area contributed by atoms with Crippen molar-refractivity contribution < 1.29 is 4.79 Å². The van der Waals surface area contributed by atoms with Gasteiger partial charge in [-0.25, -0.2) is 0 Å². The molecule has 0 aromatic heterocycles. The van der Waals surface area contributed by atoms with Crippen LogP contribution in [-0.4, -0.2) is 27.2 Å². The number of hydrogen-bond donors (Lipinski definition) is 0. The number of nitrogens with zero attached hydrogens (tertiary/aromatic N) is 1. The van der Waals surface area contributed by atoms with Gasteiger partial charge in [-0.2, -0.15) is 0 Å². The van der Waals surface area contributed by atoms with Crippen LogP contribution < -0.4 is 0 Å². The van der Waals surface area contributed by atoms with Crippen molar-refractivity contribution in [2.45, 2.75) is 63.4 Å². The fourth-order valence-corrected chi connectivity index (χ4v) is 2.97. The predicted molar refractivity (Wildman–Crippen MR) is 71.3 cm³/mol. The van der Waals surface area contributed by atoms with E-state index in [9.17, 15) is 4.79 Å². The third-order valence-electron chi connectivity index (χ3n) is 4.31. The minimum atomic E-state index is -0.853. The Kier molecular flexibility index (Phi) is 3.19. The lowest BCUT2D eigenvalue weighted by Gasteiger charge is -2.34. The number of carbonyl (C=O) groups is 1. The zero-order chi connectivity index (χ0) is 13.0. The summed E-state index contributed by atoms with van der Waals surface area (Å²) in [5.41, 5.74) is -0.568. The maximum Gasteiger partial charge on any atom is 0.232 e. The lowest BCUT2D eigenvalue weighted by Crippen LogP contribution is -2.47. The molecule has 0 N–H and O–H groups in total. The van der Waals surface area contributed by atoms with Crippen molar-refractivity contribution in [2.24, 2.45) is 11.3 Å². The summed E-state index contributed by atoms with van der Waals surface area (Å²) in [4.78, 5) is 14.7. The van der Waals surface area contributed by atoms with Crippen molar-refractivity contribution in [1.82, 2.24) is 4.90 Å². The fourth-order valence-electron chi connectivity index (χ4n) is 2.27. The van der Waals surface area contributed by atoms with Crippen LogP contribution in [0.1, 0.15) is 47.0 Å². The predicted octanol–water partition coefficient (Wildman–Crippen LogP) is 3.61. The number of carbonyl (C=O) groups excluding carboxylic acids is 1. The van der Waals surface area contributed by atoms with E-state index in [1.807, 2.05) is 11.8 Å². The molecule has 2 unspecified atom stereocenters. The van der Waals surface area contributed by atoms with Crippen molar-refractivity contribution >= 4 is 29.1 Å². The van der Waals surface area contributed by atoms with Gasteiger partial charge in [-0.05, 0) is 39.0 Å². The van der Waals surface area contributed by atoms with Crippen LogP contribution in [0.4, 0.5) is 0 Å². The Morgan fingerprint density at radius 1 is 1.29 bits per heavy atom. The third kappa shape index (κ3) is 2.19. The van der Waals surface area contributed by atoms with E-state index >= 15 is 0 Å². The first kappa shape index (κ1) is 13.5. The molecule has 2 saturated carbocycles. The molecule has 0 bridgehead atoms. The van der Waals surface area contributed by atoms with E-state index in [1.54, 1.807) is 0 Å². The highest BCUT2D eigenvalue weighted by atomic mass is 35.5. The lowest BCUT2D eigenvalue weighted by molar-refractivity contribution is -0.140. The number of alkyl halides is 2. The molecule has 2 aliphatic rings. The largest absolute Gasteiger partial charge is 0.336 e. The monoisotopic (exact) mass is 277 g/mol. The topological polar surface area (TPSA) is 20.3 Å². The zero-order valence-corrected chi connectivity index (χ0v) is 12.5. The Morgan fingerprint density at radius 3 is 2.06 bits per heavy atom. The average molecular weight is 278 g/mol. The summed E-state index contributed by atoms with van der Waals surface area (Å²) < 4.78 is -0.853. The standard InChI is InChI=1S/C13H21Cl2NO/c1-8(2)9(3)16(10-5-6-10)11(17)12(4)7-13(12,14)15/h8-10H,5-7H2,1-4H3. The molecule has 0 aromatic rings. The molecule has 2 rings (SSSR count). The van der Waals surface area contributed by atoms with Gasteiger partial charge >= 0.3 is 0 Å². The summed E-state index contributed by atoms with van der Waals surface area (Å²) >= 11 is 12.2. The van der Waals surface area contributed by atoms with E-state index in [2.05, 4.69) is 20.8 Å². The molecule has 0 spiro atoms. The van der Waals surface area contributed by atoms with Crippen LogP contribution in [0, 0.1) is 11.3 Å². The maximum absolute atomic E-state index is 12.6. The van der Waals surface area contributed by atoms with Gasteiger partial charge in [0.1, 0.15) is 4.33 Å². The molecular weight excluding hydrogens is 257 g/mol. The highest BCUT2D eigenvalue weighted by molar-refractivity contribution is 6.53. The second-order valence-electron chi connectivity index (χ2n) is 6.14. The van der Waals surface area contributed by atoms with E-state index < -0.39 is 9.75 Å². The van der Waals surface area contributed by atoms with Crippen LogP contribution in [0.3, 0.4) is 0 Å². The van der Waals surface area contributed by atoms with Gasteiger partial charge in [0.25, 0.3) is 0 Å². The van der Waals surface area contributed by atoms with Crippen LogP contribution in [0.25, 0.3) is 0 Å². The summed E-state index contributed by atoms with van der Waals surface area (Å²) in [5.74, 6) is 0.605. The molecule has 0 aliphatic heterocycles. The number of halogens is 2. The number of rotatable bonds is 4. The van der Waals surface area contributed by atoms with Crippen molar-refractivity contribution in [2.75, 3.05) is 0 Å². The maximum atomic E-state index is 12.6. The van der Waals surface area contributed by atoms with Crippen LogP contribution in [0.15, 0.2) is 0 Å². The molecule has 0 heterocycles. The number of amides is 1. The zero-order valence-electron chi connectivity index (χ0n) is 11.0. The molecule has 2 fully saturated rings. The normalized spacial score (nSPS) is 32.4. The molecule has 0 aromatic carbocycles. The quantitative estimate of drug-likeness (QED) is 0.719. The first-order chi connectivity index (χ1) is 7.71. The molecule has 98 valence electrons. The highest BCUT2D eigenvalue weighted by Crippen LogP contribution is 2.65. The summed E-state index contributed by atoms with van der Waals surface area (Å²) in [6.07, 6.45) is 2.82. The average Bonchev–Trinajstić information content (AvgIpc) is 3.07. The Labute approximate surface area is 114 Å². The molecular formula is C13H21Cl2NO. The molecule has 4 heteroatoms. The van der Waals surface area contributed by atoms with E-state index in [0.29, 0.717) is 18.4 Å². The van der Waals surface area contributed by atoms with Crippen LogP contribution >= 0.6 is 23.2 Å². The van der Waals surface area contributed by atoms with Gasteiger partial charge in [0, 0.05) is 12.1 Å². The van der Waals surface area contributed by atoms with Crippen LogP contribution in [0.2, 0.25) is 0 Å². The lowest BCUT2D eigenvalue weighted by atomic mass is 10.0. The first-order valence-electron chi connectivity index (χ1n) is 6.41. The van der Waals surface area contributed by atoms with Crippen molar-refractivity contribution in [3.8, 4) is 0 Å². The summed E-state index contributed by atoms with van der Waals surface area (Å²) in [7, 11) is 0. The molecule has 2 nitrogen and oxygen atoms in total. The summed E-state index contributed by atoms with van der Waals surface area (Å²) in [6.45, 7) is 8.31. The second-order valence-corrected chi connectivity index (χ2v) is 7.63. The molecule has 2 atom stereocenters. The van der Waals surface area contributed by atoms with E-state index in [0.717, 1.165) is 12.8 Å². The third-order valence-corrected chi connectivity index (χ3v) is 5.41. The summed E-state index contributed by atoms with van der Waals surface area (Å²) in [5, 5.41) is 0. The second kappa shape index (κ2) is 4.03. The summed E-state index contributed by atoms with van der Waals surface area (Å²) in [6, 6.07) is 0.679. The van der Waals surface area contributed by atoms with Crippen LogP contribution in [0.5, 0.6) is 0 Å². The van der Waals surface area contributed by atoms with E-state index in [4.69, 9.17) is 23.2 Å². The van der Waals surface area contributed by atoms with Crippen LogP contribution in [-0.2, 0) is 4.79 Å². The Bertz CT molecular complexity index is 338. The van der Waals surface area contributed by atoms with Crippen molar-refractivity contribution in [1.29, 1.82) is 0 Å². The SMILES string of the molecule is CC(C)C(C)N(C(=O)C1(C)CC1(Cl)Cl)C1CC1. The fraction of sp³-hybridized carbons (Fsp3) is 0.923. The van der Waals surface area contributed by atoms with Gasteiger partial charge in [0.15, 0.2) is 0 Å². The molecule has 1 amide bonds. The number of hydrogen-bond acceptors (Lipinski definition) is 1. The minimum absolute atomic E-state index is 0.145. The van der Waals surface area contributed by atoms with Gasteiger partial charge in [0.2, 0.25) is 5.91 Å². The van der Waals surface area contributed by atoms with Gasteiger partial charge in [-0.1, -0.05) is 13.8 Å². The van der Waals surface area contributed by atoms with Gasteiger partial charge in [0.05, 0.1) is 5.41 Å². The van der Waals surface area contributed by atoms with Gasteiger partial charge in [-0.3, -0.25) is 4.79 Å². The molecule has 0 saturated heterocycles. The Hall–Kier alpha value is 0.0500. The molecule has 17 heavy (non-hydrogen) atoms. The van der Waals surface area contributed by atoms with Gasteiger partial charge < -0.3 is 4.90 Å². The van der Waals surface area contributed by atoms with E-state index in [-0.39, 0.29) is 11.9 Å². The Morgan fingerprint density at radius 2 is 1.76 bits per heavy atom. The first-order valence-corrected chi connectivity index (χ1v) is 7.17. The van der Waals surface area contributed by atoms with Crippen molar-refractivity contribution in [3.05, 3.63) is 0 Å². The van der Waals surface area contributed by atoms with E-state index in [1.165, 1.54) is 0 Å².